The Morgan fingerprint density at radius 1 is 0.818 bits per heavy atom. The molecule has 0 unspecified atom stereocenters. The molecule has 0 aliphatic carbocycles. The molecule has 1 radical (unpaired) electrons. The summed E-state index contributed by atoms with van der Waals surface area (Å²) in [5, 5.41) is 0. The molecule has 0 aromatic heterocycles. The average Bonchev–Trinajstić information content (AvgIpc) is 2.48. The van der Waals surface area contributed by atoms with E-state index < -0.39 is 51.4 Å². The highest BCUT2D eigenvalue weighted by atomic mass is 19.2. The molecular weight excluding hydrogens is 309 g/mol. The van der Waals surface area contributed by atoms with Gasteiger partial charge in [0.05, 0.1) is 7.11 Å². The van der Waals surface area contributed by atoms with Crippen molar-refractivity contribution in [3.05, 3.63) is 52.6 Å². The van der Waals surface area contributed by atoms with Gasteiger partial charge in [0.15, 0.2) is 23.3 Å². The maximum atomic E-state index is 13.8. The van der Waals surface area contributed by atoms with E-state index >= 15 is 0 Å². The highest BCUT2D eigenvalue weighted by Gasteiger charge is 2.26. The van der Waals surface area contributed by atoms with E-state index in [9.17, 15) is 26.3 Å². The summed E-state index contributed by atoms with van der Waals surface area (Å²) in [6.45, 7) is 0.861. The predicted molar refractivity (Wildman–Crippen MR) is 68.9 cm³/mol. The molecule has 2 aromatic rings. The Bertz CT molecular complexity index is 718. The number of methoxy groups -OCH3 is 1. The third kappa shape index (κ3) is 2.65. The van der Waals surface area contributed by atoms with Gasteiger partial charge in [0, 0.05) is 17.7 Å². The zero-order valence-corrected chi connectivity index (χ0v) is 11.4. The van der Waals surface area contributed by atoms with E-state index in [1.807, 2.05) is 0 Å². The third-order valence-corrected chi connectivity index (χ3v) is 3.08. The van der Waals surface area contributed by atoms with Gasteiger partial charge in [0.2, 0.25) is 7.28 Å². The Kier molecular flexibility index (Phi) is 4.39. The van der Waals surface area contributed by atoms with Crippen molar-refractivity contribution >= 4 is 18.2 Å². The summed E-state index contributed by atoms with van der Waals surface area (Å²) in [7, 11) is 1.60. The lowest BCUT2D eigenvalue weighted by Gasteiger charge is -2.12. The topological polar surface area (TPSA) is 9.23 Å². The fourth-order valence-electron chi connectivity index (χ4n) is 1.90. The summed E-state index contributed by atoms with van der Waals surface area (Å²) in [5.74, 6) is -9.09. The number of hydrogen-bond acceptors (Lipinski definition) is 1. The first kappa shape index (κ1) is 16.3. The van der Waals surface area contributed by atoms with Gasteiger partial charge in [-0.2, -0.15) is 0 Å². The van der Waals surface area contributed by atoms with Crippen LogP contribution in [0.5, 0.6) is 5.75 Å². The summed E-state index contributed by atoms with van der Waals surface area (Å²) in [5.41, 5.74) is -2.49. The molecule has 0 heterocycles. The second-order valence-electron chi connectivity index (χ2n) is 4.44. The molecule has 0 saturated carbocycles. The molecule has 0 aliphatic heterocycles. The summed E-state index contributed by atoms with van der Waals surface area (Å²) < 4.78 is 86.1. The minimum atomic E-state index is -1.68. The molecule has 2 aromatic carbocycles. The minimum Gasteiger partial charge on any atom is -0.497 e. The van der Waals surface area contributed by atoms with Crippen molar-refractivity contribution in [2.45, 2.75) is 6.92 Å². The fourth-order valence-corrected chi connectivity index (χ4v) is 1.90. The van der Waals surface area contributed by atoms with Crippen LogP contribution in [-0.2, 0) is 0 Å². The van der Waals surface area contributed by atoms with Crippen molar-refractivity contribution < 1.29 is 31.1 Å². The maximum Gasteiger partial charge on any atom is 0.208 e. The summed E-state index contributed by atoms with van der Waals surface area (Å²) in [4.78, 5) is 0. The lowest BCUT2D eigenvalue weighted by molar-refractivity contribution is 0.411. The van der Waals surface area contributed by atoms with Crippen molar-refractivity contribution in [1.82, 2.24) is 0 Å². The van der Waals surface area contributed by atoms with Crippen LogP contribution in [0.1, 0.15) is 5.56 Å². The highest BCUT2D eigenvalue weighted by molar-refractivity contribution is 6.68. The molecule has 2 rings (SSSR count). The first-order valence-corrected chi connectivity index (χ1v) is 5.98. The number of benzene rings is 2. The molecule has 22 heavy (non-hydrogen) atoms. The Hall–Kier alpha value is -2.12. The predicted octanol–water partition coefficient (Wildman–Crippen LogP) is 2.49. The highest BCUT2D eigenvalue weighted by Crippen LogP contribution is 2.18. The Morgan fingerprint density at radius 3 is 1.86 bits per heavy atom. The van der Waals surface area contributed by atoms with Gasteiger partial charge >= 0.3 is 0 Å². The molecular formula is C14H8BF6O. The molecule has 0 saturated heterocycles. The van der Waals surface area contributed by atoms with Crippen molar-refractivity contribution in [3.63, 3.8) is 0 Å². The second-order valence-corrected chi connectivity index (χ2v) is 4.44. The first-order chi connectivity index (χ1) is 10.3. The van der Waals surface area contributed by atoms with Crippen LogP contribution in [0.3, 0.4) is 0 Å². The molecule has 0 amide bonds. The molecule has 1 nitrogen and oxygen atoms in total. The van der Waals surface area contributed by atoms with E-state index in [0.29, 0.717) is 13.3 Å². The molecule has 0 spiro atoms. The van der Waals surface area contributed by atoms with Crippen LogP contribution < -0.4 is 15.7 Å². The Labute approximate surface area is 122 Å². The third-order valence-electron chi connectivity index (χ3n) is 3.08. The van der Waals surface area contributed by atoms with Gasteiger partial charge in [0.25, 0.3) is 0 Å². The van der Waals surface area contributed by atoms with Crippen LogP contribution in [0.2, 0.25) is 0 Å². The molecule has 0 atom stereocenters. The second kappa shape index (κ2) is 5.94. The Morgan fingerprint density at radius 2 is 1.36 bits per heavy atom. The summed E-state index contributed by atoms with van der Waals surface area (Å²) in [6, 6.07) is 1.22. The fraction of sp³-hybridized carbons (Fsp3) is 0.143. The van der Waals surface area contributed by atoms with Crippen molar-refractivity contribution in [2.24, 2.45) is 0 Å². The summed E-state index contributed by atoms with van der Waals surface area (Å²) >= 11 is 0. The SMILES string of the molecule is COc1cc(F)cc(F)c1[B]c1c(F)c(F)c(C)c(F)c1F. The van der Waals surface area contributed by atoms with E-state index in [0.717, 1.165) is 20.1 Å². The average molecular weight is 317 g/mol. The summed E-state index contributed by atoms with van der Waals surface area (Å²) in [6.07, 6.45) is 0. The van der Waals surface area contributed by atoms with Crippen molar-refractivity contribution in [3.8, 4) is 5.75 Å². The molecule has 0 N–H and O–H groups in total. The zero-order chi connectivity index (χ0) is 16.6. The van der Waals surface area contributed by atoms with Crippen LogP contribution >= 0.6 is 0 Å². The van der Waals surface area contributed by atoms with Crippen LogP contribution in [0.25, 0.3) is 0 Å². The number of hydrogen-bond donors (Lipinski definition) is 0. The van der Waals surface area contributed by atoms with Crippen LogP contribution in [-0.4, -0.2) is 14.4 Å². The quantitative estimate of drug-likeness (QED) is 0.480. The van der Waals surface area contributed by atoms with Gasteiger partial charge in [0.1, 0.15) is 17.4 Å². The van der Waals surface area contributed by atoms with Crippen LogP contribution in [0, 0.1) is 41.8 Å². The maximum absolute atomic E-state index is 13.8. The van der Waals surface area contributed by atoms with Gasteiger partial charge in [-0.15, -0.1) is 0 Å². The minimum absolute atomic E-state index is 0.377. The van der Waals surface area contributed by atoms with E-state index in [-0.39, 0.29) is 5.75 Å². The number of rotatable bonds is 3. The molecule has 0 bridgehead atoms. The van der Waals surface area contributed by atoms with E-state index in [4.69, 9.17) is 4.74 Å². The van der Waals surface area contributed by atoms with Gasteiger partial charge in [-0.05, 0) is 17.8 Å². The van der Waals surface area contributed by atoms with E-state index in [1.165, 1.54) is 0 Å². The first-order valence-electron chi connectivity index (χ1n) is 5.98. The van der Waals surface area contributed by atoms with Crippen molar-refractivity contribution in [2.75, 3.05) is 7.11 Å². The Balaban J connectivity index is 2.62. The van der Waals surface area contributed by atoms with Gasteiger partial charge in [-0.25, -0.2) is 26.3 Å². The lowest BCUT2D eigenvalue weighted by atomic mass is 9.62. The largest absolute Gasteiger partial charge is 0.497 e. The zero-order valence-electron chi connectivity index (χ0n) is 11.4. The van der Waals surface area contributed by atoms with Crippen molar-refractivity contribution in [1.29, 1.82) is 0 Å². The molecule has 0 fully saturated rings. The molecule has 8 heteroatoms. The normalized spacial score (nSPS) is 10.7. The van der Waals surface area contributed by atoms with Gasteiger partial charge in [-0.1, -0.05) is 0 Å². The smallest absolute Gasteiger partial charge is 0.208 e. The van der Waals surface area contributed by atoms with Gasteiger partial charge < -0.3 is 4.74 Å². The lowest BCUT2D eigenvalue weighted by Crippen LogP contribution is -2.37. The van der Waals surface area contributed by atoms with Gasteiger partial charge in [-0.3, -0.25) is 0 Å². The molecule has 0 aliphatic rings. The number of ether oxygens (including phenoxy) is 1. The monoisotopic (exact) mass is 317 g/mol. The van der Waals surface area contributed by atoms with E-state index in [1.54, 1.807) is 0 Å². The van der Waals surface area contributed by atoms with Crippen LogP contribution in [0.15, 0.2) is 12.1 Å². The molecule has 115 valence electrons. The van der Waals surface area contributed by atoms with Crippen LogP contribution in [0.4, 0.5) is 26.3 Å². The number of halogens is 6. The van der Waals surface area contributed by atoms with E-state index in [2.05, 4.69) is 0 Å². The standard InChI is InChI=1S/C14H8BF6O/c1-5-11(18)13(20)10(14(21)12(5)19)15-9-7(17)3-6(16)4-8(9)22-2/h3-4H,1-2H3.